The Morgan fingerprint density at radius 3 is 2.88 bits per heavy atom. The number of amides is 1. The molecule has 1 fully saturated rings. The van der Waals surface area contributed by atoms with Crippen LogP contribution in [0.15, 0.2) is 29.1 Å². The highest BCUT2D eigenvalue weighted by Crippen LogP contribution is 2.15. The van der Waals surface area contributed by atoms with E-state index in [0.717, 1.165) is 25.9 Å². The van der Waals surface area contributed by atoms with Crippen LogP contribution in [0.25, 0.3) is 10.8 Å². The first-order chi connectivity index (χ1) is 11.7. The van der Waals surface area contributed by atoms with Gasteiger partial charge in [0.05, 0.1) is 12.0 Å². The minimum absolute atomic E-state index is 0.139. The van der Waals surface area contributed by atoms with E-state index in [0.29, 0.717) is 42.1 Å². The van der Waals surface area contributed by atoms with Crippen molar-refractivity contribution >= 4 is 16.7 Å². The summed E-state index contributed by atoms with van der Waals surface area (Å²) in [6.07, 6.45) is 2.78. The number of fused-ring (bicyclic) bond motifs is 1. The van der Waals surface area contributed by atoms with Gasteiger partial charge in [-0.2, -0.15) is 5.10 Å². The lowest BCUT2D eigenvalue weighted by molar-refractivity contribution is 0.0939. The Hall–Kier alpha value is -2.21. The number of nitrogens with zero attached hydrogens (tertiary/aromatic N) is 2. The number of aromatic nitrogens is 2. The Kier molecular flexibility index (Phi) is 5.25. The van der Waals surface area contributed by atoms with Crippen molar-refractivity contribution in [3.63, 3.8) is 0 Å². The van der Waals surface area contributed by atoms with Gasteiger partial charge in [-0.25, -0.2) is 4.68 Å². The molecule has 3 rings (SSSR count). The highest BCUT2D eigenvalue weighted by molar-refractivity contribution is 6.04. The molecular formula is C18H23N3O3. The number of nitrogens with one attached hydrogen (secondary N) is 1. The zero-order chi connectivity index (χ0) is 16.9. The van der Waals surface area contributed by atoms with Crippen LogP contribution in [0.2, 0.25) is 0 Å². The lowest BCUT2D eigenvalue weighted by atomic mass is 10.1. The Morgan fingerprint density at radius 1 is 1.38 bits per heavy atom. The van der Waals surface area contributed by atoms with Gasteiger partial charge < -0.3 is 10.1 Å². The van der Waals surface area contributed by atoms with Gasteiger partial charge in [-0.15, -0.1) is 0 Å². The Bertz CT molecular complexity index is 779. The van der Waals surface area contributed by atoms with Crippen molar-refractivity contribution in [3.8, 4) is 0 Å². The average molecular weight is 329 g/mol. The fourth-order valence-corrected chi connectivity index (χ4v) is 2.93. The smallest absolute Gasteiger partial charge is 0.274 e. The number of ether oxygens (including phenoxy) is 1. The van der Waals surface area contributed by atoms with Crippen molar-refractivity contribution in [2.75, 3.05) is 19.8 Å². The van der Waals surface area contributed by atoms with Crippen LogP contribution in [-0.2, 0) is 11.3 Å². The summed E-state index contributed by atoms with van der Waals surface area (Å²) in [6, 6.07) is 7.16. The fraction of sp³-hybridized carbons (Fsp3) is 0.500. The molecule has 1 N–H and O–H groups in total. The maximum Gasteiger partial charge on any atom is 0.274 e. The summed E-state index contributed by atoms with van der Waals surface area (Å²) in [5, 5.41) is 8.43. The van der Waals surface area contributed by atoms with E-state index < -0.39 is 0 Å². The average Bonchev–Trinajstić information content (AvgIpc) is 3.13. The number of carbonyl (C=O) groups is 1. The van der Waals surface area contributed by atoms with E-state index >= 15 is 0 Å². The molecule has 0 aliphatic carbocycles. The first-order valence-corrected chi connectivity index (χ1v) is 8.56. The molecule has 1 saturated heterocycles. The monoisotopic (exact) mass is 329 g/mol. The van der Waals surface area contributed by atoms with Gasteiger partial charge in [0.2, 0.25) is 0 Å². The molecule has 1 aromatic carbocycles. The van der Waals surface area contributed by atoms with Crippen molar-refractivity contribution in [1.82, 2.24) is 15.1 Å². The zero-order valence-corrected chi connectivity index (χ0v) is 14.0. The van der Waals surface area contributed by atoms with Crippen LogP contribution in [0.1, 0.15) is 36.7 Å². The van der Waals surface area contributed by atoms with E-state index in [1.807, 2.05) is 12.1 Å². The van der Waals surface area contributed by atoms with Crippen molar-refractivity contribution in [1.29, 1.82) is 0 Å². The molecule has 128 valence electrons. The summed E-state index contributed by atoms with van der Waals surface area (Å²) in [7, 11) is 0. The van der Waals surface area contributed by atoms with Crippen molar-refractivity contribution < 1.29 is 9.53 Å². The van der Waals surface area contributed by atoms with Crippen LogP contribution in [-0.4, -0.2) is 35.4 Å². The van der Waals surface area contributed by atoms with Gasteiger partial charge in [-0.3, -0.25) is 9.59 Å². The van der Waals surface area contributed by atoms with Crippen LogP contribution in [0, 0.1) is 5.92 Å². The minimum atomic E-state index is -0.233. The summed E-state index contributed by atoms with van der Waals surface area (Å²) in [4.78, 5) is 25.2. The zero-order valence-electron chi connectivity index (χ0n) is 14.0. The quantitative estimate of drug-likeness (QED) is 0.879. The van der Waals surface area contributed by atoms with E-state index in [1.165, 1.54) is 4.68 Å². The van der Waals surface area contributed by atoms with E-state index in [1.54, 1.807) is 12.1 Å². The second-order valence-electron chi connectivity index (χ2n) is 6.22. The topological polar surface area (TPSA) is 73.2 Å². The molecule has 2 heterocycles. The fourth-order valence-electron chi connectivity index (χ4n) is 2.93. The number of unbranched alkanes of at least 4 members (excludes halogenated alkanes) is 1. The van der Waals surface area contributed by atoms with Gasteiger partial charge >= 0.3 is 0 Å². The first kappa shape index (κ1) is 16.6. The van der Waals surface area contributed by atoms with Crippen LogP contribution in [0.3, 0.4) is 0 Å². The van der Waals surface area contributed by atoms with E-state index in [9.17, 15) is 9.59 Å². The molecule has 0 spiro atoms. The van der Waals surface area contributed by atoms with Gasteiger partial charge in [0.15, 0.2) is 5.69 Å². The Balaban J connectivity index is 1.91. The molecule has 0 bridgehead atoms. The predicted molar refractivity (Wildman–Crippen MR) is 92.2 cm³/mol. The molecule has 6 nitrogen and oxygen atoms in total. The van der Waals surface area contributed by atoms with Gasteiger partial charge in [-0.05, 0) is 18.9 Å². The summed E-state index contributed by atoms with van der Waals surface area (Å²) in [5.74, 6) is 0.120. The molecule has 0 unspecified atom stereocenters. The largest absolute Gasteiger partial charge is 0.381 e. The summed E-state index contributed by atoms with van der Waals surface area (Å²) < 4.78 is 6.75. The van der Waals surface area contributed by atoms with Gasteiger partial charge in [0.25, 0.3) is 11.5 Å². The normalized spacial score (nSPS) is 17.3. The molecule has 24 heavy (non-hydrogen) atoms. The Labute approximate surface area is 140 Å². The third kappa shape index (κ3) is 3.48. The number of benzene rings is 1. The number of aryl methyl sites for hydroxylation is 1. The molecule has 1 amide bonds. The highest BCUT2D eigenvalue weighted by atomic mass is 16.5. The third-order valence-electron chi connectivity index (χ3n) is 4.38. The lowest BCUT2D eigenvalue weighted by Gasteiger charge is -2.12. The Morgan fingerprint density at radius 2 is 2.17 bits per heavy atom. The number of hydrogen-bond donors (Lipinski definition) is 1. The first-order valence-electron chi connectivity index (χ1n) is 8.56. The second-order valence-corrected chi connectivity index (χ2v) is 6.22. The van der Waals surface area contributed by atoms with Gasteiger partial charge in [0, 0.05) is 31.0 Å². The molecule has 1 aliphatic heterocycles. The standard InChI is InChI=1S/C18H23N3O3/c1-2-3-9-21-18(23)15-7-5-4-6-14(15)16(20-21)17(22)19-11-13-8-10-24-12-13/h4-7,13H,2-3,8-12H2,1H3,(H,19,22)/t13-/m0/s1. The second kappa shape index (κ2) is 7.57. The maximum absolute atomic E-state index is 12.6. The van der Waals surface area contributed by atoms with Crippen LogP contribution < -0.4 is 10.9 Å². The number of carbonyl (C=O) groups excluding carboxylic acids is 1. The van der Waals surface area contributed by atoms with Gasteiger partial charge in [0.1, 0.15) is 0 Å². The maximum atomic E-state index is 12.6. The van der Waals surface area contributed by atoms with Crippen molar-refractivity contribution in [3.05, 3.63) is 40.3 Å². The van der Waals surface area contributed by atoms with Crippen LogP contribution >= 0.6 is 0 Å². The minimum Gasteiger partial charge on any atom is -0.381 e. The van der Waals surface area contributed by atoms with Gasteiger partial charge in [-0.1, -0.05) is 31.5 Å². The molecule has 2 aromatic rings. The van der Waals surface area contributed by atoms with E-state index in [-0.39, 0.29) is 11.5 Å². The van der Waals surface area contributed by atoms with Crippen molar-refractivity contribution in [2.45, 2.75) is 32.7 Å². The molecule has 6 heteroatoms. The molecule has 1 aromatic heterocycles. The molecule has 0 saturated carbocycles. The number of rotatable bonds is 6. The predicted octanol–water partition coefficient (Wildman–Crippen LogP) is 1.96. The summed E-state index contributed by atoms with van der Waals surface area (Å²) in [5.41, 5.74) is 0.181. The molecular weight excluding hydrogens is 306 g/mol. The van der Waals surface area contributed by atoms with Crippen LogP contribution in [0.4, 0.5) is 0 Å². The van der Waals surface area contributed by atoms with Crippen LogP contribution in [0.5, 0.6) is 0 Å². The van der Waals surface area contributed by atoms with E-state index in [4.69, 9.17) is 4.74 Å². The SMILES string of the molecule is CCCCn1nc(C(=O)NC[C@@H]2CCOC2)c2ccccc2c1=O. The lowest BCUT2D eigenvalue weighted by Crippen LogP contribution is -2.33. The molecule has 1 atom stereocenters. The third-order valence-corrected chi connectivity index (χ3v) is 4.38. The molecule has 0 radical (unpaired) electrons. The van der Waals surface area contributed by atoms with E-state index in [2.05, 4.69) is 17.3 Å². The molecule has 1 aliphatic rings. The van der Waals surface area contributed by atoms with Crippen molar-refractivity contribution in [2.24, 2.45) is 5.92 Å². The summed E-state index contributed by atoms with van der Waals surface area (Å²) >= 11 is 0. The number of hydrogen-bond acceptors (Lipinski definition) is 4. The highest BCUT2D eigenvalue weighted by Gasteiger charge is 2.20. The summed E-state index contributed by atoms with van der Waals surface area (Å²) in [6.45, 7) is 4.59.